The van der Waals surface area contributed by atoms with Crippen molar-refractivity contribution in [2.45, 2.75) is 163 Å². The minimum atomic E-state index is -1.48. The van der Waals surface area contributed by atoms with Gasteiger partial charge in [0, 0.05) is 16.8 Å². The third-order valence-electron chi connectivity index (χ3n) is 17.1. The van der Waals surface area contributed by atoms with Crippen molar-refractivity contribution in [1.82, 2.24) is 0 Å². The van der Waals surface area contributed by atoms with E-state index in [2.05, 4.69) is 31.9 Å². The van der Waals surface area contributed by atoms with E-state index < -0.39 is 92.1 Å². The Morgan fingerprint density at radius 1 is 0.309 bits per heavy atom. The van der Waals surface area contributed by atoms with Crippen molar-refractivity contribution in [3.63, 3.8) is 0 Å². The largest absolute Gasteiger partial charge is 0.385 e. The van der Waals surface area contributed by atoms with Gasteiger partial charge in [0.25, 0.3) is 0 Å². The number of rotatable bonds is 37. The van der Waals surface area contributed by atoms with Crippen LogP contribution >= 0.6 is 31.9 Å². The summed E-state index contributed by atoms with van der Waals surface area (Å²) in [6.07, 6.45) is -15.1. The molecule has 8 aromatic carbocycles. The van der Waals surface area contributed by atoms with Crippen molar-refractivity contribution in [2.24, 2.45) is 0 Å². The summed E-state index contributed by atoms with van der Waals surface area (Å²) in [5, 5.41) is 26.7. The van der Waals surface area contributed by atoms with Crippen molar-refractivity contribution in [3.05, 3.63) is 287 Å². The summed E-state index contributed by atoms with van der Waals surface area (Å²) in [6.45, 7) is 1.54. The molecule has 0 bridgehead atoms. The molecule has 0 aromatic heterocycles. The Morgan fingerprint density at radius 3 is 0.959 bits per heavy atom. The summed E-state index contributed by atoms with van der Waals surface area (Å²) in [7, 11) is 0. The Balaban J connectivity index is 0.955. The maximum atomic E-state index is 13.2. The van der Waals surface area contributed by atoms with Crippen LogP contribution in [-0.4, -0.2) is 139 Å². The molecule has 0 amide bonds. The summed E-state index contributed by atoms with van der Waals surface area (Å²) in [5.41, 5.74) is 7.31. The Kier molecular flexibility index (Phi) is 29.2. The SMILES string of the molecule is O[C@@H]1[C@@H](OC[C@H]2O[C@H](OCCCC(Br)CBr)[C@@H](OCc3ccccc3)[C@@H](O[C@H]3O[C@H](COCc4ccccc4)[C@@H](OCc4ccccc4)[C@H](OCc4ccccc4)[C@@H]3O)[C@@H]2OCc2ccccc2)O[C@H](COCc2ccccc2)[C@@H](OCc2ccccc2)[C@@H]1OCc1ccccc1. The molecule has 11 rings (SSSR count). The van der Waals surface area contributed by atoms with Crippen LogP contribution in [0.25, 0.3) is 0 Å². The van der Waals surface area contributed by atoms with E-state index in [0.717, 1.165) is 56.3 Å². The first-order chi connectivity index (χ1) is 47.8. The Labute approximate surface area is 586 Å². The molecule has 3 fully saturated rings. The van der Waals surface area contributed by atoms with Crippen LogP contribution in [0, 0.1) is 0 Å². The second kappa shape index (κ2) is 39.2. The quantitative estimate of drug-likeness (QED) is 0.0278. The van der Waals surface area contributed by atoms with Crippen LogP contribution in [0.15, 0.2) is 243 Å². The van der Waals surface area contributed by atoms with Crippen LogP contribution < -0.4 is 0 Å². The molecule has 1 unspecified atom stereocenters. The Hall–Kier alpha value is -5.92. The van der Waals surface area contributed by atoms with Gasteiger partial charge in [0.15, 0.2) is 18.9 Å². The van der Waals surface area contributed by atoms with Gasteiger partial charge in [0.1, 0.15) is 73.2 Å². The van der Waals surface area contributed by atoms with E-state index in [1.165, 1.54) is 0 Å². The highest BCUT2D eigenvalue weighted by Crippen LogP contribution is 2.38. The minimum absolute atomic E-state index is 0.0309. The predicted molar refractivity (Wildman–Crippen MR) is 373 cm³/mol. The van der Waals surface area contributed by atoms with Gasteiger partial charge < -0.3 is 76.5 Å². The van der Waals surface area contributed by atoms with Crippen LogP contribution in [0.3, 0.4) is 0 Å². The topological polar surface area (TPSA) is 170 Å². The number of hydrogen-bond acceptors (Lipinski definition) is 16. The van der Waals surface area contributed by atoms with Gasteiger partial charge in [-0.2, -0.15) is 0 Å². The van der Waals surface area contributed by atoms with E-state index in [1.807, 2.05) is 243 Å². The van der Waals surface area contributed by atoms with Crippen molar-refractivity contribution < 1.29 is 76.5 Å². The zero-order valence-electron chi connectivity index (χ0n) is 54.3. The summed E-state index contributed by atoms with van der Waals surface area (Å²) >= 11 is 7.40. The molecule has 2 N–H and O–H groups in total. The van der Waals surface area contributed by atoms with E-state index in [-0.39, 0.29) is 84.1 Å². The molecule has 3 saturated heterocycles. The fourth-order valence-electron chi connectivity index (χ4n) is 12.0. The second-order valence-electron chi connectivity index (χ2n) is 24.4. The van der Waals surface area contributed by atoms with Gasteiger partial charge >= 0.3 is 0 Å². The zero-order chi connectivity index (χ0) is 66.6. The van der Waals surface area contributed by atoms with Crippen LogP contribution in [0.1, 0.15) is 57.3 Å². The minimum Gasteiger partial charge on any atom is -0.385 e. The molecule has 3 heterocycles. The first-order valence-corrected chi connectivity index (χ1v) is 35.4. The number of alkyl halides is 2. The highest BCUT2D eigenvalue weighted by molar-refractivity contribution is 9.12. The van der Waals surface area contributed by atoms with Gasteiger partial charge in [0.05, 0.1) is 72.7 Å². The highest BCUT2D eigenvalue weighted by atomic mass is 79.9. The first-order valence-electron chi connectivity index (χ1n) is 33.4. The summed E-state index contributed by atoms with van der Waals surface area (Å²) < 4.78 is 97.0. The molecule has 0 saturated carbocycles. The van der Waals surface area contributed by atoms with Gasteiger partial charge in [0.2, 0.25) is 0 Å². The lowest BCUT2D eigenvalue weighted by Crippen LogP contribution is -2.66. The molecule has 3 aliphatic heterocycles. The predicted octanol–water partition coefficient (Wildman–Crippen LogP) is 13.2. The van der Waals surface area contributed by atoms with Crippen LogP contribution in [-0.2, 0) is 119 Å². The molecule has 0 radical (unpaired) electrons. The van der Waals surface area contributed by atoms with Crippen LogP contribution in [0.4, 0.5) is 0 Å². The number of ether oxygens (including phenoxy) is 14. The van der Waals surface area contributed by atoms with Gasteiger partial charge in [-0.25, -0.2) is 0 Å². The number of halogens is 2. The van der Waals surface area contributed by atoms with E-state index >= 15 is 0 Å². The van der Waals surface area contributed by atoms with Crippen LogP contribution in [0.5, 0.6) is 0 Å². The monoisotopic (exact) mass is 1450 g/mol. The first kappa shape index (κ1) is 72.3. The average molecular weight is 1450 g/mol. The van der Waals surface area contributed by atoms with Crippen molar-refractivity contribution >= 4 is 31.9 Å². The Morgan fingerprint density at radius 2 is 0.598 bits per heavy atom. The number of aliphatic hydroxyl groups is 2. The van der Waals surface area contributed by atoms with Crippen LogP contribution in [0.2, 0.25) is 0 Å². The molecule has 3 aliphatic rings. The summed E-state index contributed by atoms with van der Waals surface area (Å²) in [5.74, 6) is 0. The van der Waals surface area contributed by atoms with E-state index in [1.54, 1.807) is 0 Å². The molecule has 18 heteroatoms. The molecule has 514 valence electrons. The smallest absolute Gasteiger partial charge is 0.187 e. The molecule has 16 atom stereocenters. The van der Waals surface area contributed by atoms with Crippen molar-refractivity contribution in [2.75, 3.05) is 31.8 Å². The van der Waals surface area contributed by atoms with Gasteiger partial charge in [-0.15, -0.1) is 0 Å². The van der Waals surface area contributed by atoms with E-state index in [4.69, 9.17) is 66.3 Å². The lowest BCUT2D eigenvalue weighted by Gasteiger charge is -2.50. The maximum Gasteiger partial charge on any atom is 0.187 e. The number of benzene rings is 8. The maximum absolute atomic E-state index is 13.2. The van der Waals surface area contributed by atoms with Gasteiger partial charge in [-0.1, -0.05) is 275 Å². The summed E-state index contributed by atoms with van der Waals surface area (Å²) in [6, 6.07) is 78.6. The molecular formula is C79H88Br2O16. The third kappa shape index (κ3) is 22.0. The lowest BCUT2D eigenvalue weighted by molar-refractivity contribution is -0.379. The standard InChI is InChI=1S/C79H88Br2O16/c80-44-64(81)42-25-43-86-79-76(92-52-63-40-23-8-24-41-63)75(97-78-69(83)74(91-51-62-38-21-7-22-39-62)71(88-48-59-32-15-4-16-33-59)66(95-78)54-85-46-57-28-11-2-12-29-57)72(89-49-60-34-17-5-18-35-60)67(96-79)55-93-77-68(82)73(90-50-61-36-19-6-20-37-61)70(87-47-58-30-13-3-14-31-58)65(94-77)53-84-45-56-26-9-1-10-27-56/h1-24,26-41,64-79,82-83H,25,42-55H2/t64?,65-,66-,67-,68+,69+,70-,71-,72-,73-,74-,75+,76+,77+,78-,79+/m1/s1. The number of hydrogen-bond donors (Lipinski definition) is 2. The molecule has 97 heavy (non-hydrogen) atoms. The highest BCUT2D eigenvalue weighted by Gasteiger charge is 2.55. The zero-order valence-corrected chi connectivity index (χ0v) is 57.5. The van der Waals surface area contributed by atoms with Crippen molar-refractivity contribution in [3.8, 4) is 0 Å². The van der Waals surface area contributed by atoms with Crippen molar-refractivity contribution in [1.29, 1.82) is 0 Å². The number of aliphatic hydroxyl groups excluding tert-OH is 2. The molecular weight excluding hydrogens is 1360 g/mol. The average Bonchev–Trinajstić information content (AvgIpc) is 0.786. The summed E-state index contributed by atoms with van der Waals surface area (Å²) in [4.78, 5) is 0.187. The lowest BCUT2D eigenvalue weighted by atomic mass is 9.95. The Bertz CT molecular complexity index is 3400. The van der Waals surface area contributed by atoms with E-state index in [9.17, 15) is 10.2 Å². The van der Waals surface area contributed by atoms with Gasteiger partial charge in [-0.3, -0.25) is 0 Å². The normalized spacial score (nSPS) is 26.1. The molecule has 0 aliphatic carbocycles. The van der Waals surface area contributed by atoms with E-state index in [0.29, 0.717) is 6.42 Å². The third-order valence-corrected chi connectivity index (χ3v) is 19.6. The second-order valence-corrected chi connectivity index (χ2v) is 26.3. The fraction of sp³-hybridized carbons (Fsp3) is 0.392. The van der Waals surface area contributed by atoms with Gasteiger partial charge in [-0.05, 0) is 57.3 Å². The fourth-order valence-corrected chi connectivity index (χ4v) is 12.7. The molecule has 0 spiro atoms. The molecule has 8 aromatic rings. The molecule has 16 nitrogen and oxygen atoms in total.